The number of rotatable bonds is 6. The summed E-state index contributed by atoms with van der Waals surface area (Å²) < 4.78 is 5.41. The van der Waals surface area contributed by atoms with Crippen LogP contribution in [0.2, 0.25) is 10.0 Å². The number of hydrogen-bond acceptors (Lipinski definition) is 2. The standard InChI is InChI=1S/C17H19Cl2NO/c1-20-15(10-12-5-3-4-6-17(12)21-2)11-13-9-14(18)7-8-16(13)19/h3-9,15,20H,10-11H2,1-2H3. The van der Waals surface area contributed by atoms with Crippen molar-refractivity contribution < 1.29 is 4.74 Å². The Morgan fingerprint density at radius 2 is 1.76 bits per heavy atom. The molecule has 1 N–H and O–H groups in total. The second-order valence-electron chi connectivity index (χ2n) is 4.94. The van der Waals surface area contributed by atoms with E-state index in [4.69, 9.17) is 27.9 Å². The number of likely N-dealkylation sites (N-methyl/N-ethyl adjacent to an activating group) is 1. The highest BCUT2D eigenvalue weighted by Gasteiger charge is 2.13. The Balaban J connectivity index is 2.15. The first-order chi connectivity index (χ1) is 10.1. The van der Waals surface area contributed by atoms with Crippen molar-refractivity contribution in [2.75, 3.05) is 14.2 Å². The van der Waals surface area contributed by atoms with Crippen LogP contribution in [0.15, 0.2) is 42.5 Å². The lowest BCUT2D eigenvalue weighted by Crippen LogP contribution is -2.30. The zero-order valence-corrected chi connectivity index (χ0v) is 13.7. The Hall–Kier alpha value is -1.22. The van der Waals surface area contributed by atoms with Gasteiger partial charge in [-0.15, -0.1) is 0 Å². The van der Waals surface area contributed by atoms with Crippen LogP contribution in [-0.2, 0) is 12.8 Å². The van der Waals surface area contributed by atoms with Crippen molar-refractivity contribution >= 4 is 23.2 Å². The molecule has 112 valence electrons. The van der Waals surface area contributed by atoms with Gasteiger partial charge in [0.2, 0.25) is 0 Å². The maximum Gasteiger partial charge on any atom is 0.122 e. The van der Waals surface area contributed by atoms with Crippen molar-refractivity contribution in [1.82, 2.24) is 5.32 Å². The second kappa shape index (κ2) is 7.69. The Kier molecular flexibility index (Phi) is 5.92. The van der Waals surface area contributed by atoms with Crippen LogP contribution >= 0.6 is 23.2 Å². The molecule has 0 aromatic heterocycles. The van der Waals surface area contributed by atoms with Crippen molar-refractivity contribution in [3.63, 3.8) is 0 Å². The Morgan fingerprint density at radius 3 is 2.48 bits per heavy atom. The lowest BCUT2D eigenvalue weighted by molar-refractivity contribution is 0.406. The first-order valence-corrected chi connectivity index (χ1v) is 7.62. The van der Waals surface area contributed by atoms with Gasteiger partial charge in [0.15, 0.2) is 0 Å². The van der Waals surface area contributed by atoms with E-state index in [1.165, 1.54) is 5.56 Å². The van der Waals surface area contributed by atoms with Crippen LogP contribution in [0.3, 0.4) is 0 Å². The van der Waals surface area contributed by atoms with Gasteiger partial charge < -0.3 is 10.1 Å². The molecule has 1 unspecified atom stereocenters. The highest BCUT2D eigenvalue weighted by atomic mass is 35.5. The zero-order chi connectivity index (χ0) is 15.2. The summed E-state index contributed by atoms with van der Waals surface area (Å²) in [6.07, 6.45) is 1.68. The highest BCUT2D eigenvalue weighted by molar-refractivity contribution is 6.33. The molecule has 0 heterocycles. The van der Waals surface area contributed by atoms with Gasteiger partial charge >= 0.3 is 0 Å². The van der Waals surface area contributed by atoms with Gasteiger partial charge in [-0.2, -0.15) is 0 Å². The van der Waals surface area contributed by atoms with Gasteiger partial charge in [-0.1, -0.05) is 41.4 Å². The third-order valence-corrected chi connectivity index (χ3v) is 4.14. The minimum Gasteiger partial charge on any atom is -0.496 e. The smallest absolute Gasteiger partial charge is 0.122 e. The van der Waals surface area contributed by atoms with Crippen LogP contribution in [0, 0.1) is 0 Å². The summed E-state index contributed by atoms with van der Waals surface area (Å²) in [5.74, 6) is 0.912. The zero-order valence-electron chi connectivity index (χ0n) is 12.2. The first-order valence-electron chi connectivity index (χ1n) is 6.87. The molecular weight excluding hydrogens is 305 g/mol. The van der Waals surface area contributed by atoms with E-state index < -0.39 is 0 Å². The number of para-hydroxylation sites is 1. The molecule has 4 heteroatoms. The van der Waals surface area contributed by atoms with Crippen molar-refractivity contribution in [2.45, 2.75) is 18.9 Å². The van der Waals surface area contributed by atoms with Gasteiger partial charge in [0.05, 0.1) is 7.11 Å². The molecule has 2 nitrogen and oxygen atoms in total. The molecule has 0 aliphatic heterocycles. The van der Waals surface area contributed by atoms with Crippen LogP contribution in [0.25, 0.3) is 0 Å². The molecule has 2 aromatic rings. The predicted molar refractivity (Wildman–Crippen MR) is 89.7 cm³/mol. The Labute approximate surface area is 136 Å². The van der Waals surface area contributed by atoms with Crippen molar-refractivity contribution in [1.29, 1.82) is 0 Å². The number of halogens is 2. The molecule has 0 aliphatic rings. The summed E-state index contributed by atoms with van der Waals surface area (Å²) in [5.41, 5.74) is 2.23. The third kappa shape index (κ3) is 4.37. The van der Waals surface area contributed by atoms with E-state index in [9.17, 15) is 0 Å². The van der Waals surface area contributed by atoms with Gasteiger partial charge in [0, 0.05) is 16.1 Å². The summed E-state index contributed by atoms with van der Waals surface area (Å²) in [5, 5.41) is 4.80. The van der Waals surface area contributed by atoms with Gasteiger partial charge in [0.1, 0.15) is 5.75 Å². The average molecular weight is 324 g/mol. The minimum atomic E-state index is 0.261. The lowest BCUT2D eigenvalue weighted by atomic mass is 9.98. The number of hydrogen-bond donors (Lipinski definition) is 1. The molecule has 0 bridgehead atoms. The van der Waals surface area contributed by atoms with E-state index in [1.807, 2.05) is 43.4 Å². The monoisotopic (exact) mass is 323 g/mol. The van der Waals surface area contributed by atoms with Crippen molar-refractivity contribution in [3.8, 4) is 5.75 Å². The number of methoxy groups -OCH3 is 1. The topological polar surface area (TPSA) is 21.3 Å². The maximum absolute atomic E-state index is 6.25. The summed E-state index contributed by atoms with van der Waals surface area (Å²) >= 11 is 12.3. The largest absolute Gasteiger partial charge is 0.496 e. The summed E-state index contributed by atoms with van der Waals surface area (Å²) in [6, 6.07) is 13.9. The number of ether oxygens (including phenoxy) is 1. The van der Waals surface area contributed by atoms with Crippen LogP contribution in [0.1, 0.15) is 11.1 Å². The van der Waals surface area contributed by atoms with Gasteiger partial charge in [0.25, 0.3) is 0 Å². The molecule has 0 fully saturated rings. The van der Waals surface area contributed by atoms with E-state index in [2.05, 4.69) is 11.4 Å². The van der Waals surface area contributed by atoms with E-state index in [-0.39, 0.29) is 6.04 Å². The SMILES string of the molecule is CNC(Cc1cc(Cl)ccc1Cl)Cc1ccccc1OC. The summed E-state index contributed by atoms with van der Waals surface area (Å²) in [7, 11) is 3.65. The second-order valence-corrected chi connectivity index (χ2v) is 5.79. The van der Waals surface area contributed by atoms with Crippen LogP contribution in [-0.4, -0.2) is 20.2 Å². The van der Waals surface area contributed by atoms with E-state index in [1.54, 1.807) is 7.11 Å². The molecule has 0 saturated carbocycles. The normalized spacial score (nSPS) is 12.2. The van der Waals surface area contributed by atoms with Crippen molar-refractivity contribution in [3.05, 3.63) is 63.6 Å². The molecule has 0 aliphatic carbocycles. The van der Waals surface area contributed by atoms with Crippen LogP contribution < -0.4 is 10.1 Å². The third-order valence-electron chi connectivity index (χ3n) is 3.54. The Morgan fingerprint density at radius 1 is 1.05 bits per heavy atom. The highest BCUT2D eigenvalue weighted by Crippen LogP contribution is 2.24. The molecule has 0 spiro atoms. The fourth-order valence-electron chi connectivity index (χ4n) is 2.38. The van der Waals surface area contributed by atoms with Gasteiger partial charge in [-0.25, -0.2) is 0 Å². The lowest BCUT2D eigenvalue weighted by Gasteiger charge is -2.18. The van der Waals surface area contributed by atoms with E-state index in [0.29, 0.717) is 5.02 Å². The first kappa shape index (κ1) is 16.2. The van der Waals surface area contributed by atoms with Crippen LogP contribution in [0.4, 0.5) is 0 Å². The Bertz CT molecular complexity index is 601. The van der Waals surface area contributed by atoms with Gasteiger partial charge in [-0.3, -0.25) is 0 Å². The fraction of sp³-hybridized carbons (Fsp3) is 0.294. The van der Waals surface area contributed by atoms with Crippen molar-refractivity contribution in [2.24, 2.45) is 0 Å². The predicted octanol–water partition coefficient (Wildman–Crippen LogP) is 4.38. The maximum atomic E-state index is 6.25. The molecular formula is C17H19Cl2NO. The number of nitrogens with one attached hydrogen (secondary N) is 1. The molecule has 21 heavy (non-hydrogen) atoms. The number of benzene rings is 2. The van der Waals surface area contributed by atoms with E-state index >= 15 is 0 Å². The van der Waals surface area contributed by atoms with Gasteiger partial charge in [-0.05, 0) is 55.3 Å². The summed E-state index contributed by atoms with van der Waals surface area (Å²) in [6.45, 7) is 0. The molecule has 0 radical (unpaired) electrons. The quantitative estimate of drug-likeness (QED) is 0.852. The van der Waals surface area contributed by atoms with E-state index in [0.717, 1.165) is 29.2 Å². The molecule has 1 atom stereocenters. The van der Waals surface area contributed by atoms with Crippen LogP contribution in [0.5, 0.6) is 5.75 Å². The fourth-order valence-corrected chi connectivity index (χ4v) is 2.77. The molecule has 2 aromatic carbocycles. The molecule has 2 rings (SSSR count). The molecule has 0 saturated heterocycles. The minimum absolute atomic E-state index is 0.261. The molecule has 0 amide bonds. The average Bonchev–Trinajstić information content (AvgIpc) is 2.50. The summed E-state index contributed by atoms with van der Waals surface area (Å²) in [4.78, 5) is 0.